The zero-order valence-corrected chi connectivity index (χ0v) is 36.6. The Bertz CT molecular complexity index is 2040. The van der Waals surface area contributed by atoms with Crippen molar-refractivity contribution in [1.82, 2.24) is 0 Å². The van der Waals surface area contributed by atoms with E-state index in [9.17, 15) is 97.4 Å². The maximum Gasteiger partial charge on any atom is 0.218 e. The summed E-state index contributed by atoms with van der Waals surface area (Å²) in [4.78, 5) is 8.25. The monoisotopic (exact) mass is 1080 g/mol. The van der Waals surface area contributed by atoms with Gasteiger partial charge in [0.25, 0.3) is 0 Å². The Balaban J connectivity index is 0. The number of hydrogen-bond donors (Lipinski definition) is 0. The van der Waals surface area contributed by atoms with Gasteiger partial charge in [-0.3, -0.25) is 35.2 Å². The van der Waals surface area contributed by atoms with Crippen LogP contribution in [-0.4, -0.2) is 150 Å². The largest absolute Gasteiger partial charge is 0.810 e. The van der Waals surface area contributed by atoms with Crippen molar-refractivity contribution in [1.29, 1.82) is 0 Å². The highest BCUT2D eigenvalue weighted by Crippen LogP contribution is 2.40. The summed E-state index contributed by atoms with van der Waals surface area (Å²) in [5.74, 6) is -4.62. The van der Waals surface area contributed by atoms with Crippen molar-refractivity contribution in [3.05, 3.63) is 0 Å². The third-order valence-corrected chi connectivity index (χ3v) is 10.8. The van der Waals surface area contributed by atoms with Crippen molar-refractivity contribution in [2.45, 2.75) is 75.7 Å². The fraction of sp³-hybridized carbons (Fsp3) is 1.00. The summed E-state index contributed by atoms with van der Waals surface area (Å²) in [6.07, 6.45) is -20.3. The van der Waals surface area contributed by atoms with Gasteiger partial charge in [-0.15, -0.1) is 0 Å². The topological polar surface area (TPSA) is 571 Å². The van der Waals surface area contributed by atoms with Crippen LogP contribution < -0.4 is 10.5 Å². The van der Waals surface area contributed by atoms with Crippen molar-refractivity contribution >= 4 is 106 Å². The minimum Gasteiger partial charge on any atom is -0.810 e. The summed E-state index contributed by atoms with van der Waals surface area (Å²) >= 11 is 5.67. The highest BCUT2D eigenvalue weighted by atomic mass is 32.5. The third-order valence-electron chi connectivity index (χ3n) is 6.95. The third kappa shape index (κ3) is 23.5. The van der Waals surface area contributed by atoms with Gasteiger partial charge in [-0.2, -0.15) is 8.42 Å². The summed E-state index contributed by atoms with van der Waals surface area (Å²) in [6.45, 7) is 2.96. The Kier molecular flexibility index (Phi) is 26.6. The van der Waals surface area contributed by atoms with Crippen LogP contribution >= 0.6 is 7.58 Å². The molecule has 2 aliphatic rings. The van der Waals surface area contributed by atoms with Crippen molar-refractivity contribution in [2.24, 2.45) is 17.8 Å². The summed E-state index contributed by atoms with van der Waals surface area (Å²) in [5, 5.41) is 26.8. The maximum absolute atomic E-state index is 11.0. The van der Waals surface area contributed by atoms with E-state index in [0.717, 1.165) is 20.8 Å². The number of hydrogen-bond acceptors (Lipinski definition) is 37. The molecule has 45 heteroatoms. The van der Waals surface area contributed by atoms with E-state index < -0.39 is 153 Å². The van der Waals surface area contributed by atoms with E-state index >= 15 is 0 Å². The van der Waals surface area contributed by atoms with E-state index in [1.165, 1.54) is 0 Å². The van der Waals surface area contributed by atoms with Gasteiger partial charge in [-0.25, -0.2) is 60.3 Å². The maximum atomic E-state index is 11.0. The quantitative estimate of drug-likeness (QED) is 0.0404. The van der Waals surface area contributed by atoms with E-state index in [2.05, 4.69) is 74.5 Å². The molecule has 60 heavy (non-hydrogen) atoms. The second-order valence-corrected chi connectivity index (χ2v) is 18.7. The molecule has 0 aromatic heterocycles. The first-order valence-corrected chi connectivity index (χ1v) is 24.7. The van der Waals surface area contributed by atoms with Crippen LogP contribution in [0.1, 0.15) is 20.8 Å². The molecular formula is C15H21O35PS9-10. The lowest BCUT2D eigenvalue weighted by Gasteiger charge is -2.47. The Labute approximate surface area is 352 Å². The van der Waals surface area contributed by atoms with Crippen LogP contribution in [0, 0.1) is 17.8 Å². The first-order chi connectivity index (χ1) is 27.0. The number of rotatable bonds is 18. The molecule has 0 saturated heterocycles. The Morgan fingerprint density at radius 3 is 0.900 bits per heavy atom. The SMILES string of the molecule is C[C@@H]1[C@@H](OO[O-])[C@@H](OS(=O)(=O)[O-])[C@@H](OS(=O)(=O)[O-])[C@H](OP=S([O-])[O-])[C@H]1OS(=O)(=O)[O-].C[C@@H]1[C@@H](OS(=O)(=O)[O-])[C@H](C)[C@@H](OO[O-])[C@H](OS(=O)(=O)[O-])[C@H]1OS(=O)(=O)[O-].O=S.O=S. The van der Waals surface area contributed by atoms with Crippen LogP contribution in [0.2, 0.25) is 0 Å². The van der Waals surface area contributed by atoms with E-state index in [1.54, 1.807) is 0 Å². The predicted octanol–water partition coefficient (Wildman–Crippen LogP) is -8.47. The van der Waals surface area contributed by atoms with E-state index in [4.69, 9.17) is 8.42 Å². The molecule has 360 valence electrons. The second-order valence-electron chi connectivity index (χ2n) is 10.5. The smallest absolute Gasteiger partial charge is 0.218 e. The van der Waals surface area contributed by atoms with Gasteiger partial charge in [0.2, 0.25) is 62.4 Å². The van der Waals surface area contributed by atoms with Gasteiger partial charge in [-0.1, -0.05) is 20.8 Å². The molecule has 0 aromatic rings. The Hall–Kier alpha value is -0.450. The van der Waals surface area contributed by atoms with Crippen LogP contribution in [-0.2, 0) is 148 Å². The lowest BCUT2D eigenvalue weighted by atomic mass is 9.75. The zero-order chi connectivity index (χ0) is 48.0. The fourth-order valence-corrected chi connectivity index (χ4v) is 9.30. The first-order valence-electron chi connectivity index (χ1n) is 13.6. The fourth-order valence-electron chi connectivity index (χ4n) is 5.17. The molecule has 0 aromatic carbocycles. The average Bonchev–Trinajstić information content (AvgIpc) is 3.05. The van der Waals surface area contributed by atoms with E-state index in [0.29, 0.717) is 0 Å². The summed E-state index contributed by atoms with van der Waals surface area (Å²) in [5.41, 5.74) is 0. The zero-order valence-electron chi connectivity index (χ0n) is 28.3. The standard InChI is InChI=1S/C8H16O15S3.C7H13O18PS4.2OS/c1-3-5(20-24(10,11)12)4(2)7(21-25(13,14)15)8(6(3)19-23-9)22-26(16,17)18;1-2-3(20-25-8)6(23-29(14,15)16)7(24-30(17,18)19)5(21-26-27(9)10)4(2)22-28(11,12)13;2*1-2/h3-9H,1-2H3,(H,10,11,12)(H,13,14,15)(H,16,17,18);2-7H,1H3,(H4-2,8,9,10,11,12,13,14,15,16,17,18,19);;/q;-2;;/p-8/t3-,4+,5-,6+,7-,8-;2-,3-,4+,5-,6-,7+;;/m01../s1. The summed E-state index contributed by atoms with van der Waals surface area (Å²) in [6, 6.07) is 0. The lowest BCUT2D eigenvalue weighted by molar-refractivity contribution is -0.807. The molecule has 2 saturated carbocycles. The van der Waals surface area contributed by atoms with Crippen molar-refractivity contribution in [3.8, 4) is 0 Å². The molecule has 0 unspecified atom stereocenters. The predicted molar refractivity (Wildman–Crippen MR) is 164 cm³/mol. The van der Waals surface area contributed by atoms with Crippen LogP contribution in [0.25, 0.3) is 0 Å². The lowest BCUT2D eigenvalue weighted by Crippen LogP contribution is -2.64. The van der Waals surface area contributed by atoms with E-state index in [1.807, 2.05) is 0 Å². The molecule has 0 radical (unpaired) electrons. The van der Waals surface area contributed by atoms with Gasteiger partial charge in [0.15, 0.2) is 25.1 Å². The minimum atomic E-state index is -5.83. The van der Waals surface area contributed by atoms with Gasteiger partial charge < -0.3 is 62.1 Å². The summed E-state index contributed by atoms with van der Waals surface area (Å²) in [7, 11) is -37.9. The van der Waals surface area contributed by atoms with Crippen molar-refractivity contribution in [2.75, 3.05) is 0 Å². The molecular weight excluding hydrogens is 1060 g/mol. The van der Waals surface area contributed by atoms with Crippen LogP contribution in [0.15, 0.2) is 0 Å². The second kappa shape index (κ2) is 25.9. The molecule has 0 heterocycles. The van der Waals surface area contributed by atoms with Gasteiger partial charge in [0.1, 0.15) is 48.8 Å². The molecule has 0 bridgehead atoms. The van der Waals surface area contributed by atoms with Gasteiger partial charge in [0, 0.05) is 17.8 Å². The highest BCUT2D eigenvalue weighted by molar-refractivity contribution is 8.12. The molecule has 0 amide bonds. The molecule has 35 nitrogen and oxygen atoms in total. The van der Waals surface area contributed by atoms with Crippen molar-refractivity contribution < 1.29 is 155 Å². The van der Waals surface area contributed by atoms with Gasteiger partial charge >= 0.3 is 0 Å². The molecule has 0 N–H and O–H groups in total. The molecule has 2 rings (SSSR count). The molecule has 0 spiro atoms. The minimum absolute atomic E-state index is 0.886. The Morgan fingerprint density at radius 2 is 0.617 bits per heavy atom. The van der Waals surface area contributed by atoms with Crippen LogP contribution in [0.5, 0.6) is 0 Å². The summed E-state index contributed by atoms with van der Waals surface area (Å²) < 4.78 is 263. The molecule has 2 aliphatic carbocycles. The van der Waals surface area contributed by atoms with Gasteiger partial charge in [0.05, 0.1) is 13.7 Å². The van der Waals surface area contributed by atoms with Crippen molar-refractivity contribution in [3.63, 3.8) is 0 Å². The van der Waals surface area contributed by atoms with Crippen LogP contribution in [0.3, 0.4) is 0 Å². The molecule has 2 fully saturated rings. The van der Waals surface area contributed by atoms with Gasteiger partial charge in [-0.05, 0) is 0 Å². The normalized spacial score (nSPS) is 30.5. The van der Waals surface area contributed by atoms with E-state index in [-0.39, 0.29) is 0 Å². The molecule has 12 atom stereocenters. The van der Waals surface area contributed by atoms with Crippen LogP contribution in [0.4, 0.5) is 0 Å². The average molecular weight is 1080 g/mol. The highest BCUT2D eigenvalue weighted by Gasteiger charge is 2.56. The Morgan fingerprint density at radius 1 is 0.400 bits per heavy atom. The molecule has 0 aliphatic heterocycles. The first kappa shape index (κ1) is 61.6.